The Kier molecular flexibility index (Phi) is 5.22. The van der Waals surface area contributed by atoms with Gasteiger partial charge < -0.3 is 9.73 Å². The van der Waals surface area contributed by atoms with Gasteiger partial charge >= 0.3 is 6.18 Å². The van der Waals surface area contributed by atoms with E-state index in [-0.39, 0.29) is 17.2 Å². The maximum absolute atomic E-state index is 13.6. The number of fused-ring (bicyclic) bond motifs is 1. The molecule has 4 aromatic rings. The Labute approximate surface area is 174 Å². The number of carbonyl (C=O) groups is 1. The normalized spacial score (nSPS) is 12.8. The summed E-state index contributed by atoms with van der Waals surface area (Å²) in [5, 5.41) is 6.34. The van der Waals surface area contributed by atoms with Crippen molar-refractivity contribution in [3.05, 3.63) is 65.8 Å². The van der Waals surface area contributed by atoms with Crippen molar-refractivity contribution < 1.29 is 22.4 Å². The number of halogens is 3. The van der Waals surface area contributed by atoms with E-state index in [0.717, 1.165) is 18.1 Å². The number of rotatable bonds is 5. The lowest BCUT2D eigenvalue weighted by molar-refractivity contribution is -0.142. The third-order valence-corrected chi connectivity index (χ3v) is 4.93. The van der Waals surface area contributed by atoms with Crippen LogP contribution in [0.5, 0.6) is 0 Å². The van der Waals surface area contributed by atoms with Gasteiger partial charge in [-0.15, -0.1) is 5.10 Å². The van der Waals surface area contributed by atoms with E-state index < -0.39 is 23.6 Å². The molecule has 0 saturated heterocycles. The predicted molar refractivity (Wildman–Crippen MR) is 107 cm³/mol. The van der Waals surface area contributed by atoms with Crippen molar-refractivity contribution in [2.75, 3.05) is 5.32 Å². The van der Waals surface area contributed by atoms with Gasteiger partial charge in [-0.25, -0.2) is 4.98 Å². The van der Waals surface area contributed by atoms with Crippen molar-refractivity contribution in [3.63, 3.8) is 0 Å². The molecule has 0 bridgehead atoms. The maximum Gasteiger partial charge on any atom is 0.433 e. The second-order valence-electron chi connectivity index (χ2n) is 7.03. The number of nitrogens with zero attached hydrogens (tertiary/aromatic N) is 4. The van der Waals surface area contributed by atoms with Gasteiger partial charge in [0.05, 0.1) is 6.26 Å². The smallest absolute Gasteiger partial charge is 0.433 e. The Balaban J connectivity index is 1.67. The predicted octanol–water partition coefficient (Wildman–Crippen LogP) is 5.17. The highest BCUT2D eigenvalue weighted by molar-refractivity contribution is 6.01. The molecule has 3 heterocycles. The Bertz CT molecular complexity index is 1210. The Morgan fingerprint density at radius 1 is 1.19 bits per heavy atom. The first-order chi connectivity index (χ1) is 14.8. The van der Waals surface area contributed by atoms with Crippen LogP contribution in [0.25, 0.3) is 17.2 Å². The van der Waals surface area contributed by atoms with Gasteiger partial charge in [0.2, 0.25) is 5.82 Å². The SMILES string of the molecule is CC[C@@H](C)c1ccc(NC(=O)c2nc3nc(-c4ccco4)cc(C(F)(F)F)n3n2)cc1. The Hall–Kier alpha value is -3.69. The number of benzene rings is 1. The number of anilines is 1. The molecule has 3 aromatic heterocycles. The van der Waals surface area contributed by atoms with E-state index in [1.807, 2.05) is 12.1 Å². The second kappa shape index (κ2) is 7.86. The van der Waals surface area contributed by atoms with Gasteiger partial charge in [-0.05, 0) is 48.2 Å². The zero-order valence-electron chi connectivity index (χ0n) is 16.6. The summed E-state index contributed by atoms with van der Waals surface area (Å²) in [4.78, 5) is 20.5. The first-order valence-corrected chi connectivity index (χ1v) is 9.56. The van der Waals surface area contributed by atoms with E-state index in [9.17, 15) is 18.0 Å². The van der Waals surface area contributed by atoms with E-state index in [0.29, 0.717) is 16.1 Å². The first-order valence-electron chi connectivity index (χ1n) is 9.56. The summed E-state index contributed by atoms with van der Waals surface area (Å²) in [5.41, 5.74) is 0.421. The van der Waals surface area contributed by atoms with E-state index >= 15 is 0 Å². The van der Waals surface area contributed by atoms with Crippen LogP contribution in [0.15, 0.2) is 53.1 Å². The summed E-state index contributed by atoms with van der Waals surface area (Å²) in [6.45, 7) is 4.17. The van der Waals surface area contributed by atoms with Crippen LogP contribution in [0.3, 0.4) is 0 Å². The molecule has 7 nitrogen and oxygen atoms in total. The van der Waals surface area contributed by atoms with Gasteiger partial charge in [0.15, 0.2) is 11.5 Å². The Morgan fingerprint density at radius 3 is 2.55 bits per heavy atom. The minimum atomic E-state index is -4.74. The van der Waals surface area contributed by atoms with Crippen LogP contribution in [0.4, 0.5) is 18.9 Å². The quantitative estimate of drug-likeness (QED) is 0.473. The number of hydrogen-bond donors (Lipinski definition) is 1. The van der Waals surface area contributed by atoms with Crippen LogP contribution in [0, 0.1) is 0 Å². The lowest BCUT2D eigenvalue weighted by atomic mass is 9.99. The lowest BCUT2D eigenvalue weighted by Crippen LogP contribution is -2.16. The van der Waals surface area contributed by atoms with Gasteiger partial charge in [-0.2, -0.15) is 22.7 Å². The van der Waals surface area contributed by atoms with Crippen molar-refractivity contribution in [1.29, 1.82) is 0 Å². The van der Waals surface area contributed by atoms with E-state index in [4.69, 9.17) is 4.42 Å². The van der Waals surface area contributed by atoms with Gasteiger partial charge in [0.1, 0.15) is 5.69 Å². The van der Waals surface area contributed by atoms with E-state index in [1.165, 1.54) is 18.4 Å². The molecule has 0 aliphatic rings. The topological polar surface area (TPSA) is 85.3 Å². The summed E-state index contributed by atoms with van der Waals surface area (Å²) < 4.78 is 46.4. The zero-order valence-corrected chi connectivity index (χ0v) is 16.6. The third kappa shape index (κ3) is 4.14. The monoisotopic (exact) mass is 429 g/mol. The number of carbonyl (C=O) groups excluding carboxylic acids is 1. The fraction of sp³-hybridized carbons (Fsp3) is 0.238. The minimum Gasteiger partial charge on any atom is -0.463 e. The molecule has 0 radical (unpaired) electrons. The van der Waals surface area contributed by atoms with Crippen LogP contribution in [-0.2, 0) is 6.18 Å². The van der Waals surface area contributed by atoms with Crippen molar-refractivity contribution >= 4 is 17.4 Å². The molecule has 160 valence electrons. The van der Waals surface area contributed by atoms with Gasteiger partial charge in [-0.3, -0.25) is 4.79 Å². The molecule has 31 heavy (non-hydrogen) atoms. The van der Waals surface area contributed by atoms with Crippen LogP contribution in [0.2, 0.25) is 0 Å². The molecule has 1 N–H and O–H groups in total. The van der Waals surface area contributed by atoms with Gasteiger partial charge in [0.25, 0.3) is 11.7 Å². The fourth-order valence-corrected chi connectivity index (χ4v) is 3.03. The molecular formula is C21H18F3N5O2. The molecule has 0 unspecified atom stereocenters. The molecule has 0 fully saturated rings. The molecule has 0 aliphatic carbocycles. The number of alkyl halides is 3. The number of furan rings is 1. The van der Waals surface area contributed by atoms with Crippen LogP contribution >= 0.6 is 0 Å². The van der Waals surface area contributed by atoms with E-state index in [1.54, 1.807) is 12.1 Å². The number of amides is 1. The Morgan fingerprint density at radius 2 is 1.94 bits per heavy atom. The molecule has 0 aliphatic heterocycles. The minimum absolute atomic E-state index is 0.0650. The molecule has 10 heteroatoms. The number of nitrogens with one attached hydrogen (secondary N) is 1. The number of aromatic nitrogens is 4. The highest BCUT2D eigenvalue weighted by atomic mass is 19.4. The van der Waals surface area contributed by atoms with Crippen LogP contribution < -0.4 is 5.32 Å². The van der Waals surface area contributed by atoms with E-state index in [2.05, 4.69) is 34.2 Å². The molecule has 0 spiro atoms. The summed E-state index contributed by atoms with van der Waals surface area (Å²) in [6.07, 6.45) is -2.44. The standard InChI is InChI=1S/C21H18F3N5O2/c1-3-12(2)13-6-8-14(9-7-13)25-19(30)18-27-20-26-15(16-5-4-10-31-16)11-17(21(22,23)24)29(20)28-18/h4-12H,3H2,1-2H3,(H,25,30)/t12-/m1/s1. The lowest BCUT2D eigenvalue weighted by Gasteiger charge is -2.10. The van der Waals surface area contributed by atoms with Gasteiger partial charge in [0, 0.05) is 5.69 Å². The molecule has 4 rings (SSSR count). The largest absolute Gasteiger partial charge is 0.463 e. The zero-order chi connectivity index (χ0) is 22.2. The highest BCUT2D eigenvalue weighted by Crippen LogP contribution is 2.32. The van der Waals surface area contributed by atoms with Crippen molar-refractivity contribution in [1.82, 2.24) is 19.6 Å². The average Bonchev–Trinajstić information content (AvgIpc) is 3.42. The molecule has 1 atom stereocenters. The summed E-state index contributed by atoms with van der Waals surface area (Å²) in [7, 11) is 0. The molecule has 1 amide bonds. The third-order valence-electron chi connectivity index (χ3n) is 4.93. The van der Waals surface area contributed by atoms with Crippen LogP contribution in [-0.4, -0.2) is 25.5 Å². The fourth-order valence-electron chi connectivity index (χ4n) is 3.03. The average molecular weight is 429 g/mol. The molecular weight excluding hydrogens is 411 g/mol. The summed E-state index contributed by atoms with van der Waals surface area (Å²) >= 11 is 0. The van der Waals surface area contributed by atoms with Crippen molar-refractivity contribution in [3.8, 4) is 11.5 Å². The first kappa shape index (κ1) is 20.6. The molecule has 1 aromatic carbocycles. The van der Waals surface area contributed by atoms with Gasteiger partial charge in [-0.1, -0.05) is 26.0 Å². The number of hydrogen-bond acceptors (Lipinski definition) is 5. The molecule has 0 saturated carbocycles. The summed E-state index contributed by atoms with van der Waals surface area (Å²) in [6, 6.07) is 11.0. The highest BCUT2D eigenvalue weighted by Gasteiger charge is 2.36. The summed E-state index contributed by atoms with van der Waals surface area (Å²) in [5.74, 6) is -1.02. The van der Waals surface area contributed by atoms with Crippen LogP contribution in [0.1, 0.15) is 48.1 Å². The van der Waals surface area contributed by atoms with Crippen molar-refractivity contribution in [2.45, 2.75) is 32.4 Å². The second-order valence-corrected chi connectivity index (χ2v) is 7.03. The van der Waals surface area contributed by atoms with Crippen molar-refractivity contribution in [2.24, 2.45) is 0 Å². The maximum atomic E-state index is 13.6.